The number of rotatable bonds is 4. The van der Waals surface area contributed by atoms with Crippen LogP contribution in [0.2, 0.25) is 0 Å². The Morgan fingerprint density at radius 1 is 1.26 bits per heavy atom. The third-order valence-electron chi connectivity index (χ3n) is 5.45. The molecule has 1 saturated carbocycles. The number of hydrogen-bond donors (Lipinski definition) is 1. The molecule has 2 N–H and O–H groups in total. The molecule has 1 heterocycles. The van der Waals surface area contributed by atoms with Crippen molar-refractivity contribution in [3.63, 3.8) is 0 Å². The maximum absolute atomic E-state index is 6.39. The average molecular weight is 267 g/mol. The molecule has 4 unspecified atom stereocenters. The second-order valence-corrected chi connectivity index (χ2v) is 7.40. The Labute approximate surface area is 119 Å². The zero-order chi connectivity index (χ0) is 14.0. The molecule has 4 atom stereocenters. The van der Waals surface area contributed by atoms with Crippen LogP contribution in [0.4, 0.5) is 0 Å². The van der Waals surface area contributed by atoms with Crippen molar-refractivity contribution in [3.05, 3.63) is 0 Å². The molecule has 3 heteroatoms. The summed E-state index contributed by atoms with van der Waals surface area (Å²) in [5.74, 6) is 2.53. The van der Waals surface area contributed by atoms with E-state index in [1.54, 1.807) is 0 Å². The first-order chi connectivity index (χ1) is 8.97. The largest absolute Gasteiger partial charge is 0.326 e. The smallest absolute Gasteiger partial charge is 0.0247 e. The highest BCUT2D eigenvalue weighted by Gasteiger charge is 2.33. The fourth-order valence-electron chi connectivity index (χ4n) is 4.03. The lowest BCUT2D eigenvalue weighted by atomic mass is 9.76. The van der Waals surface area contributed by atoms with Crippen LogP contribution in [0.5, 0.6) is 0 Å². The Morgan fingerprint density at radius 3 is 2.58 bits per heavy atom. The molecule has 2 fully saturated rings. The predicted molar refractivity (Wildman–Crippen MR) is 82.2 cm³/mol. The van der Waals surface area contributed by atoms with E-state index in [1.165, 1.54) is 45.3 Å². The molecule has 0 aromatic heterocycles. The topological polar surface area (TPSA) is 32.5 Å². The van der Waals surface area contributed by atoms with E-state index in [2.05, 4.69) is 37.7 Å². The van der Waals surface area contributed by atoms with Gasteiger partial charge in [-0.1, -0.05) is 13.8 Å². The van der Waals surface area contributed by atoms with Crippen molar-refractivity contribution in [1.29, 1.82) is 0 Å². The van der Waals surface area contributed by atoms with Gasteiger partial charge in [-0.2, -0.15) is 0 Å². The molecule has 0 amide bonds. The van der Waals surface area contributed by atoms with Gasteiger partial charge in [0.15, 0.2) is 0 Å². The van der Waals surface area contributed by atoms with E-state index in [1.807, 2.05) is 0 Å². The monoisotopic (exact) mass is 267 g/mol. The Hall–Kier alpha value is -0.120. The fraction of sp³-hybridized carbons (Fsp3) is 1.00. The molecule has 0 aromatic carbocycles. The summed E-state index contributed by atoms with van der Waals surface area (Å²) in [5, 5.41) is 0. The summed E-state index contributed by atoms with van der Waals surface area (Å²) in [5.41, 5.74) is 6.39. The van der Waals surface area contributed by atoms with Crippen LogP contribution in [-0.2, 0) is 0 Å². The predicted octanol–water partition coefficient (Wildman–Crippen LogP) is 2.02. The van der Waals surface area contributed by atoms with Crippen molar-refractivity contribution in [1.82, 2.24) is 9.80 Å². The summed E-state index contributed by atoms with van der Waals surface area (Å²) in [6, 6.07) is 0.992. The summed E-state index contributed by atoms with van der Waals surface area (Å²) in [6.07, 6.45) is 5.20. The van der Waals surface area contributed by atoms with Crippen LogP contribution < -0.4 is 5.73 Å². The highest BCUT2D eigenvalue weighted by Crippen LogP contribution is 2.32. The standard InChI is InChI=1S/C16H33N3/c1-12(2)14-5-6-15(17)16(9-14)19(4)11-13-7-8-18(3)10-13/h12-16H,5-11,17H2,1-4H3. The van der Waals surface area contributed by atoms with Crippen LogP contribution >= 0.6 is 0 Å². The minimum Gasteiger partial charge on any atom is -0.326 e. The van der Waals surface area contributed by atoms with Crippen LogP contribution in [0.3, 0.4) is 0 Å². The second kappa shape index (κ2) is 6.55. The normalized spacial score (nSPS) is 37.4. The maximum Gasteiger partial charge on any atom is 0.0247 e. The summed E-state index contributed by atoms with van der Waals surface area (Å²) in [6.45, 7) is 8.49. The van der Waals surface area contributed by atoms with E-state index in [0.29, 0.717) is 12.1 Å². The van der Waals surface area contributed by atoms with Crippen LogP contribution in [-0.4, -0.2) is 55.6 Å². The van der Waals surface area contributed by atoms with E-state index in [9.17, 15) is 0 Å². The van der Waals surface area contributed by atoms with E-state index >= 15 is 0 Å². The van der Waals surface area contributed by atoms with Crippen molar-refractivity contribution in [2.75, 3.05) is 33.7 Å². The summed E-state index contributed by atoms with van der Waals surface area (Å²) < 4.78 is 0. The van der Waals surface area contributed by atoms with Gasteiger partial charge < -0.3 is 15.5 Å². The number of nitrogens with zero attached hydrogens (tertiary/aromatic N) is 2. The van der Waals surface area contributed by atoms with Crippen LogP contribution in [0.1, 0.15) is 39.5 Å². The van der Waals surface area contributed by atoms with Crippen molar-refractivity contribution in [3.8, 4) is 0 Å². The van der Waals surface area contributed by atoms with Gasteiger partial charge in [-0.05, 0) is 64.1 Å². The summed E-state index contributed by atoms with van der Waals surface area (Å²) >= 11 is 0. The molecule has 3 nitrogen and oxygen atoms in total. The Morgan fingerprint density at radius 2 is 2.00 bits per heavy atom. The Kier molecular flexibility index (Phi) is 5.27. The van der Waals surface area contributed by atoms with E-state index in [0.717, 1.165) is 17.8 Å². The molecule has 1 aliphatic heterocycles. The number of nitrogens with two attached hydrogens (primary N) is 1. The molecule has 2 rings (SSSR count). The van der Waals surface area contributed by atoms with Gasteiger partial charge in [0.25, 0.3) is 0 Å². The third kappa shape index (κ3) is 3.93. The van der Waals surface area contributed by atoms with Gasteiger partial charge in [0.05, 0.1) is 0 Å². The number of likely N-dealkylation sites (tertiary alicyclic amines) is 1. The van der Waals surface area contributed by atoms with Crippen molar-refractivity contribution >= 4 is 0 Å². The first-order valence-corrected chi connectivity index (χ1v) is 8.11. The lowest BCUT2D eigenvalue weighted by Crippen LogP contribution is -2.51. The van der Waals surface area contributed by atoms with Gasteiger partial charge in [0.2, 0.25) is 0 Å². The molecule has 1 aliphatic carbocycles. The van der Waals surface area contributed by atoms with E-state index < -0.39 is 0 Å². The van der Waals surface area contributed by atoms with Crippen molar-refractivity contribution in [2.24, 2.45) is 23.5 Å². The van der Waals surface area contributed by atoms with Gasteiger partial charge in [-0.3, -0.25) is 0 Å². The quantitative estimate of drug-likeness (QED) is 0.846. The minimum absolute atomic E-state index is 0.388. The molecular formula is C16H33N3. The van der Waals surface area contributed by atoms with Gasteiger partial charge >= 0.3 is 0 Å². The van der Waals surface area contributed by atoms with Gasteiger partial charge in [0.1, 0.15) is 0 Å². The summed E-state index contributed by atoms with van der Waals surface area (Å²) in [4.78, 5) is 5.03. The first kappa shape index (κ1) is 15.3. The zero-order valence-corrected chi connectivity index (χ0v) is 13.3. The Bertz CT molecular complexity index is 279. The van der Waals surface area contributed by atoms with Gasteiger partial charge in [-0.15, -0.1) is 0 Å². The SMILES string of the molecule is CC(C)C1CCC(N)C(N(C)CC2CCN(C)C2)C1. The zero-order valence-electron chi connectivity index (χ0n) is 13.3. The molecular weight excluding hydrogens is 234 g/mol. The third-order valence-corrected chi connectivity index (χ3v) is 5.45. The second-order valence-electron chi connectivity index (χ2n) is 7.40. The van der Waals surface area contributed by atoms with Gasteiger partial charge in [0, 0.05) is 25.2 Å². The number of hydrogen-bond acceptors (Lipinski definition) is 3. The molecule has 0 radical (unpaired) electrons. The van der Waals surface area contributed by atoms with Gasteiger partial charge in [-0.25, -0.2) is 0 Å². The molecule has 2 aliphatic rings. The molecule has 0 bridgehead atoms. The van der Waals surface area contributed by atoms with Crippen LogP contribution in [0, 0.1) is 17.8 Å². The van der Waals surface area contributed by atoms with Crippen molar-refractivity contribution in [2.45, 2.75) is 51.6 Å². The molecule has 1 saturated heterocycles. The van der Waals surface area contributed by atoms with Crippen LogP contribution in [0.15, 0.2) is 0 Å². The lowest BCUT2D eigenvalue weighted by Gasteiger charge is -2.41. The fourth-order valence-corrected chi connectivity index (χ4v) is 4.03. The molecule has 0 spiro atoms. The maximum atomic E-state index is 6.39. The molecule has 19 heavy (non-hydrogen) atoms. The molecule has 112 valence electrons. The summed E-state index contributed by atoms with van der Waals surface area (Å²) in [7, 11) is 4.53. The highest BCUT2D eigenvalue weighted by molar-refractivity contribution is 4.90. The Balaban J connectivity index is 1.87. The molecule has 0 aromatic rings. The highest BCUT2D eigenvalue weighted by atomic mass is 15.2. The van der Waals surface area contributed by atoms with E-state index in [-0.39, 0.29) is 0 Å². The van der Waals surface area contributed by atoms with E-state index in [4.69, 9.17) is 5.73 Å². The number of likely N-dealkylation sites (N-methyl/N-ethyl adjacent to an activating group) is 1. The first-order valence-electron chi connectivity index (χ1n) is 8.11. The van der Waals surface area contributed by atoms with Crippen LogP contribution in [0.25, 0.3) is 0 Å². The minimum atomic E-state index is 0.388. The average Bonchev–Trinajstić information content (AvgIpc) is 2.74. The lowest BCUT2D eigenvalue weighted by molar-refractivity contribution is 0.105. The van der Waals surface area contributed by atoms with Crippen molar-refractivity contribution < 1.29 is 0 Å².